The highest BCUT2D eigenvalue weighted by Gasteiger charge is 2.08. The molecule has 3 rings (SSSR count). The monoisotopic (exact) mass is 386 g/mol. The van der Waals surface area contributed by atoms with Crippen molar-refractivity contribution in [3.8, 4) is 0 Å². The lowest BCUT2D eigenvalue weighted by atomic mass is 10.1. The van der Waals surface area contributed by atoms with E-state index in [0.717, 1.165) is 11.1 Å². The van der Waals surface area contributed by atoms with Crippen molar-refractivity contribution in [1.29, 1.82) is 0 Å². The zero-order valence-corrected chi connectivity index (χ0v) is 15.5. The van der Waals surface area contributed by atoms with Crippen LogP contribution in [0.25, 0.3) is 0 Å². The molecule has 1 aromatic heterocycles. The van der Waals surface area contributed by atoms with Crippen molar-refractivity contribution in [2.24, 2.45) is 0 Å². The quantitative estimate of drug-likeness (QED) is 0.662. The lowest BCUT2D eigenvalue weighted by Crippen LogP contribution is -2.23. The van der Waals surface area contributed by atoms with Crippen molar-refractivity contribution < 1.29 is 4.79 Å². The van der Waals surface area contributed by atoms with Gasteiger partial charge in [-0.25, -0.2) is 9.97 Å². The number of rotatable bonds is 5. The van der Waals surface area contributed by atoms with E-state index >= 15 is 0 Å². The molecular weight excluding hydrogens is 371 g/mol. The van der Waals surface area contributed by atoms with Crippen molar-refractivity contribution in [3.05, 3.63) is 81.6 Å². The Morgan fingerprint density at radius 3 is 2.58 bits per heavy atom. The second-order valence-corrected chi connectivity index (χ2v) is 6.56. The molecule has 0 fully saturated rings. The molecule has 2 aromatic carbocycles. The fourth-order valence-corrected chi connectivity index (χ4v) is 2.67. The van der Waals surface area contributed by atoms with Crippen LogP contribution >= 0.6 is 23.2 Å². The Kier molecular flexibility index (Phi) is 5.71. The highest BCUT2D eigenvalue weighted by atomic mass is 35.5. The van der Waals surface area contributed by atoms with Crippen molar-refractivity contribution in [1.82, 2.24) is 15.3 Å². The summed E-state index contributed by atoms with van der Waals surface area (Å²) in [6, 6.07) is 13.0. The van der Waals surface area contributed by atoms with Gasteiger partial charge in [-0.2, -0.15) is 0 Å². The summed E-state index contributed by atoms with van der Waals surface area (Å²) in [4.78, 5) is 20.5. The minimum Gasteiger partial charge on any atom is -0.348 e. The SMILES string of the molecule is Cc1cccc(CNC(=O)c2cnc(Nc3cc(Cl)ccc3Cl)nc2)c1. The summed E-state index contributed by atoms with van der Waals surface area (Å²) in [5.74, 6) is 0.0863. The molecule has 3 aromatic rings. The summed E-state index contributed by atoms with van der Waals surface area (Å²) in [6.07, 6.45) is 2.92. The highest BCUT2D eigenvalue weighted by Crippen LogP contribution is 2.27. The third-order valence-corrected chi connectivity index (χ3v) is 4.19. The van der Waals surface area contributed by atoms with Gasteiger partial charge in [-0.15, -0.1) is 0 Å². The molecule has 0 spiro atoms. The highest BCUT2D eigenvalue weighted by molar-refractivity contribution is 6.35. The predicted molar refractivity (Wildman–Crippen MR) is 104 cm³/mol. The number of carbonyl (C=O) groups excluding carboxylic acids is 1. The van der Waals surface area contributed by atoms with E-state index in [-0.39, 0.29) is 5.91 Å². The number of hydrogen-bond donors (Lipinski definition) is 2. The molecule has 1 amide bonds. The third-order valence-electron chi connectivity index (χ3n) is 3.62. The Balaban J connectivity index is 1.63. The molecule has 132 valence electrons. The van der Waals surface area contributed by atoms with Gasteiger partial charge < -0.3 is 10.6 Å². The number of nitrogens with one attached hydrogen (secondary N) is 2. The van der Waals surface area contributed by atoms with Crippen LogP contribution in [0.3, 0.4) is 0 Å². The number of carbonyl (C=O) groups is 1. The van der Waals surface area contributed by atoms with Gasteiger partial charge in [-0.3, -0.25) is 4.79 Å². The minimum absolute atomic E-state index is 0.237. The largest absolute Gasteiger partial charge is 0.348 e. The fraction of sp³-hybridized carbons (Fsp3) is 0.105. The molecule has 0 saturated carbocycles. The maximum absolute atomic E-state index is 12.2. The molecule has 7 heteroatoms. The van der Waals surface area contributed by atoms with Gasteiger partial charge in [0.05, 0.1) is 16.3 Å². The number of anilines is 2. The van der Waals surface area contributed by atoms with E-state index in [4.69, 9.17) is 23.2 Å². The standard InChI is InChI=1S/C19H16Cl2N4O/c1-12-3-2-4-13(7-12)9-22-18(26)14-10-23-19(24-11-14)25-17-8-15(20)5-6-16(17)21/h2-8,10-11H,9H2,1H3,(H,22,26)(H,23,24,25). The van der Waals surface area contributed by atoms with Gasteiger partial charge in [0, 0.05) is 24.0 Å². The molecule has 0 aliphatic carbocycles. The molecule has 0 saturated heterocycles. The third kappa shape index (κ3) is 4.71. The zero-order valence-electron chi connectivity index (χ0n) is 14.0. The van der Waals surface area contributed by atoms with E-state index in [2.05, 4.69) is 20.6 Å². The smallest absolute Gasteiger partial charge is 0.254 e. The molecule has 0 bridgehead atoms. The molecule has 0 radical (unpaired) electrons. The normalized spacial score (nSPS) is 10.4. The van der Waals surface area contributed by atoms with Crippen LogP contribution in [0, 0.1) is 6.92 Å². The maximum Gasteiger partial charge on any atom is 0.254 e. The summed E-state index contributed by atoms with van der Waals surface area (Å²) in [6.45, 7) is 2.45. The van der Waals surface area contributed by atoms with Crippen molar-refractivity contribution in [3.63, 3.8) is 0 Å². The summed E-state index contributed by atoms with van der Waals surface area (Å²) >= 11 is 12.1. The molecule has 0 atom stereocenters. The van der Waals surface area contributed by atoms with Crippen LogP contribution in [-0.2, 0) is 6.54 Å². The number of hydrogen-bond acceptors (Lipinski definition) is 4. The van der Waals surface area contributed by atoms with E-state index in [9.17, 15) is 4.79 Å². The zero-order chi connectivity index (χ0) is 18.5. The number of aryl methyl sites for hydroxylation is 1. The van der Waals surface area contributed by atoms with Gasteiger partial charge in [0.1, 0.15) is 0 Å². The van der Waals surface area contributed by atoms with Gasteiger partial charge in [-0.05, 0) is 30.7 Å². The summed E-state index contributed by atoms with van der Waals surface area (Å²) in [7, 11) is 0. The average Bonchev–Trinajstić information content (AvgIpc) is 2.63. The molecule has 0 aliphatic rings. The first kappa shape index (κ1) is 18.2. The van der Waals surface area contributed by atoms with E-state index < -0.39 is 0 Å². The minimum atomic E-state index is -0.237. The Hall–Kier alpha value is -2.63. The summed E-state index contributed by atoms with van der Waals surface area (Å²) in [5, 5.41) is 6.87. The summed E-state index contributed by atoms with van der Waals surface area (Å²) in [5.41, 5.74) is 3.15. The fourth-order valence-electron chi connectivity index (χ4n) is 2.33. The van der Waals surface area contributed by atoms with Gasteiger partial charge in [-0.1, -0.05) is 53.0 Å². The van der Waals surface area contributed by atoms with E-state index in [0.29, 0.717) is 33.8 Å². The van der Waals surface area contributed by atoms with Crippen LogP contribution in [0.4, 0.5) is 11.6 Å². The van der Waals surface area contributed by atoms with Crippen molar-refractivity contribution in [2.75, 3.05) is 5.32 Å². The van der Waals surface area contributed by atoms with E-state index in [1.807, 2.05) is 31.2 Å². The van der Waals surface area contributed by atoms with Crippen LogP contribution in [0.5, 0.6) is 0 Å². The molecule has 0 unspecified atom stereocenters. The molecule has 1 heterocycles. The van der Waals surface area contributed by atoms with Crippen LogP contribution < -0.4 is 10.6 Å². The first-order valence-electron chi connectivity index (χ1n) is 7.89. The van der Waals surface area contributed by atoms with Gasteiger partial charge >= 0.3 is 0 Å². The molecular formula is C19H16Cl2N4O. The van der Waals surface area contributed by atoms with Crippen LogP contribution in [0.2, 0.25) is 10.0 Å². The van der Waals surface area contributed by atoms with Gasteiger partial charge in [0.15, 0.2) is 0 Å². The molecule has 26 heavy (non-hydrogen) atoms. The summed E-state index contributed by atoms with van der Waals surface area (Å²) < 4.78 is 0. The Bertz CT molecular complexity index is 929. The first-order valence-corrected chi connectivity index (χ1v) is 8.65. The van der Waals surface area contributed by atoms with E-state index in [1.165, 1.54) is 12.4 Å². The van der Waals surface area contributed by atoms with Gasteiger partial charge in [0.25, 0.3) is 5.91 Å². The number of amides is 1. The lowest BCUT2D eigenvalue weighted by Gasteiger charge is -2.08. The number of halogens is 2. The first-order chi connectivity index (χ1) is 12.5. The van der Waals surface area contributed by atoms with Crippen LogP contribution in [0.1, 0.15) is 21.5 Å². The molecule has 2 N–H and O–H groups in total. The van der Waals surface area contributed by atoms with Crippen molar-refractivity contribution >= 4 is 40.7 Å². The Labute approximate surface area is 161 Å². The topological polar surface area (TPSA) is 66.9 Å². The Morgan fingerprint density at radius 2 is 1.85 bits per heavy atom. The Morgan fingerprint density at radius 1 is 1.08 bits per heavy atom. The van der Waals surface area contributed by atoms with Crippen LogP contribution in [-0.4, -0.2) is 15.9 Å². The lowest BCUT2D eigenvalue weighted by molar-refractivity contribution is 0.0950. The molecule has 5 nitrogen and oxygen atoms in total. The van der Waals surface area contributed by atoms with Gasteiger partial charge in [0.2, 0.25) is 5.95 Å². The number of benzene rings is 2. The number of nitrogens with zero attached hydrogens (tertiary/aromatic N) is 2. The second kappa shape index (κ2) is 8.17. The number of aromatic nitrogens is 2. The van der Waals surface area contributed by atoms with Crippen molar-refractivity contribution in [2.45, 2.75) is 13.5 Å². The van der Waals surface area contributed by atoms with E-state index in [1.54, 1.807) is 18.2 Å². The average molecular weight is 387 g/mol. The molecule has 0 aliphatic heterocycles. The maximum atomic E-state index is 12.2. The second-order valence-electron chi connectivity index (χ2n) is 5.72. The van der Waals surface area contributed by atoms with Crippen LogP contribution in [0.15, 0.2) is 54.9 Å². The predicted octanol–water partition coefficient (Wildman–Crippen LogP) is 4.77.